The van der Waals surface area contributed by atoms with Gasteiger partial charge >= 0.3 is 0 Å². The molecule has 0 amide bonds. The van der Waals surface area contributed by atoms with Crippen LogP contribution in [0.3, 0.4) is 0 Å². The quantitative estimate of drug-likeness (QED) is 0.861. The zero-order chi connectivity index (χ0) is 15.1. The van der Waals surface area contributed by atoms with Crippen molar-refractivity contribution in [1.82, 2.24) is 15.1 Å². The maximum atomic E-state index is 8.78. The van der Waals surface area contributed by atoms with Crippen LogP contribution >= 0.6 is 0 Å². The van der Waals surface area contributed by atoms with Gasteiger partial charge in [0.2, 0.25) is 0 Å². The first-order valence-electron chi connectivity index (χ1n) is 7.78. The Morgan fingerprint density at radius 1 is 1.19 bits per heavy atom. The summed E-state index contributed by atoms with van der Waals surface area (Å²) in [5.41, 5.74) is 1.96. The van der Waals surface area contributed by atoms with Crippen LogP contribution in [0, 0.1) is 17.2 Å². The summed E-state index contributed by atoms with van der Waals surface area (Å²) in [5.74, 6) is 0.659. The van der Waals surface area contributed by atoms with Gasteiger partial charge in [0, 0.05) is 39.3 Å². The number of nitrogens with zero attached hydrogens (tertiary/aromatic N) is 3. The zero-order valence-electron chi connectivity index (χ0n) is 13.2. The molecule has 1 aromatic rings. The van der Waals surface area contributed by atoms with Gasteiger partial charge in [-0.1, -0.05) is 19.1 Å². The highest BCUT2D eigenvalue weighted by atomic mass is 15.2. The van der Waals surface area contributed by atoms with Crippen LogP contribution < -0.4 is 5.32 Å². The molecule has 0 radical (unpaired) electrons. The van der Waals surface area contributed by atoms with Crippen LogP contribution in [0.5, 0.6) is 0 Å². The van der Waals surface area contributed by atoms with Gasteiger partial charge in [0.15, 0.2) is 0 Å². The smallest absolute Gasteiger partial charge is 0.0991 e. The topological polar surface area (TPSA) is 42.3 Å². The van der Waals surface area contributed by atoms with Gasteiger partial charge in [0.1, 0.15) is 0 Å². The minimum atomic E-state index is 0.659. The maximum Gasteiger partial charge on any atom is 0.0991 e. The molecule has 0 spiro atoms. The molecule has 1 aromatic carbocycles. The molecule has 1 saturated heterocycles. The first-order chi connectivity index (χ1) is 10.2. The predicted octanol–water partition coefficient (Wildman–Crippen LogP) is 1.53. The van der Waals surface area contributed by atoms with E-state index in [-0.39, 0.29) is 0 Å². The summed E-state index contributed by atoms with van der Waals surface area (Å²) in [5, 5.41) is 12.3. The molecule has 21 heavy (non-hydrogen) atoms. The molecule has 1 aliphatic rings. The molecule has 4 heteroatoms. The van der Waals surface area contributed by atoms with Crippen LogP contribution in [-0.2, 0) is 6.54 Å². The number of hydrogen-bond donors (Lipinski definition) is 1. The van der Waals surface area contributed by atoms with Crippen LogP contribution in [0.2, 0.25) is 0 Å². The second-order valence-corrected chi connectivity index (χ2v) is 6.15. The number of nitriles is 1. The molecule has 2 rings (SSSR count). The fraction of sp³-hybridized carbons (Fsp3) is 0.588. The molecular weight excluding hydrogens is 260 g/mol. The summed E-state index contributed by atoms with van der Waals surface area (Å²) >= 11 is 0. The first-order valence-corrected chi connectivity index (χ1v) is 7.78. The molecule has 0 aliphatic carbocycles. The highest BCUT2D eigenvalue weighted by Crippen LogP contribution is 2.05. The zero-order valence-corrected chi connectivity index (χ0v) is 13.2. The molecular formula is C17H26N4. The van der Waals surface area contributed by atoms with Gasteiger partial charge in [-0.3, -0.25) is 0 Å². The van der Waals surface area contributed by atoms with E-state index in [1.54, 1.807) is 0 Å². The van der Waals surface area contributed by atoms with Crippen molar-refractivity contribution in [3.8, 4) is 6.07 Å². The van der Waals surface area contributed by atoms with Crippen LogP contribution in [0.1, 0.15) is 18.1 Å². The molecule has 114 valence electrons. The number of nitrogens with one attached hydrogen (secondary N) is 1. The standard InChI is InChI=1S/C17H26N4/c1-15(14-21-9-7-20(2)8-10-21)12-19-13-17-5-3-16(11-18)4-6-17/h3-6,15,19H,7-10,12-14H2,1-2H3. The van der Waals surface area contributed by atoms with Crippen molar-refractivity contribution < 1.29 is 0 Å². The third-order valence-electron chi connectivity index (χ3n) is 4.07. The van der Waals surface area contributed by atoms with Crippen molar-refractivity contribution in [2.24, 2.45) is 5.92 Å². The Bertz CT molecular complexity index is 455. The van der Waals surface area contributed by atoms with E-state index >= 15 is 0 Å². The number of likely N-dealkylation sites (N-methyl/N-ethyl adjacent to an activating group) is 1. The number of hydrogen-bond acceptors (Lipinski definition) is 4. The van der Waals surface area contributed by atoms with Crippen molar-refractivity contribution in [3.05, 3.63) is 35.4 Å². The van der Waals surface area contributed by atoms with E-state index in [1.807, 2.05) is 24.3 Å². The highest BCUT2D eigenvalue weighted by molar-refractivity contribution is 5.31. The van der Waals surface area contributed by atoms with Crippen LogP contribution in [0.25, 0.3) is 0 Å². The van der Waals surface area contributed by atoms with Gasteiger partial charge in [0.25, 0.3) is 0 Å². The molecule has 1 atom stereocenters. The van der Waals surface area contributed by atoms with E-state index in [9.17, 15) is 0 Å². The molecule has 1 unspecified atom stereocenters. The van der Waals surface area contributed by atoms with Crippen molar-refractivity contribution in [3.63, 3.8) is 0 Å². The van der Waals surface area contributed by atoms with Gasteiger partial charge < -0.3 is 15.1 Å². The second-order valence-electron chi connectivity index (χ2n) is 6.15. The van der Waals surface area contributed by atoms with E-state index in [0.29, 0.717) is 5.92 Å². The number of piperazine rings is 1. The van der Waals surface area contributed by atoms with Gasteiger partial charge in [-0.15, -0.1) is 0 Å². The fourth-order valence-electron chi connectivity index (χ4n) is 2.70. The lowest BCUT2D eigenvalue weighted by atomic mass is 10.1. The first kappa shape index (κ1) is 16.0. The lowest BCUT2D eigenvalue weighted by Crippen LogP contribution is -2.46. The van der Waals surface area contributed by atoms with Crippen LogP contribution in [0.4, 0.5) is 0 Å². The Balaban J connectivity index is 1.64. The number of benzene rings is 1. The number of rotatable bonds is 6. The Morgan fingerprint density at radius 2 is 1.86 bits per heavy atom. The monoisotopic (exact) mass is 286 g/mol. The molecule has 1 heterocycles. The third-order valence-corrected chi connectivity index (χ3v) is 4.07. The summed E-state index contributed by atoms with van der Waals surface area (Å²) in [6.45, 7) is 10.1. The second kappa shape index (κ2) is 8.14. The molecule has 1 aliphatic heterocycles. The van der Waals surface area contributed by atoms with Gasteiger partial charge in [0.05, 0.1) is 11.6 Å². The van der Waals surface area contributed by atoms with E-state index in [0.717, 1.165) is 18.7 Å². The van der Waals surface area contributed by atoms with Gasteiger partial charge in [-0.05, 0) is 37.2 Å². The predicted molar refractivity (Wildman–Crippen MR) is 86.0 cm³/mol. The van der Waals surface area contributed by atoms with Crippen LogP contribution in [-0.4, -0.2) is 56.1 Å². The van der Waals surface area contributed by atoms with Crippen molar-refractivity contribution in [2.45, 2.75) is 13.5 Å². The van der Waals surface area contributed by atoms with Crippen molar-refractivity contribution in [1.29, 1.82) is 5.26 Å². The molecule has 0 saturated carbocycles. The lowest BCUT2D eigenvalue weighted by molar-refractivity contribution is 0.138. The van der Waals surface area contributed by atoms with Crippen LogP contribution in [0.15, 0.2) is 24.3 Å². The summed E-state index contributed by atoms with van der Waals surface area (Å²) in [6.07, 6.45) is 0. The summed E-state index contributed by atoms with van der Waals surface area (Å²) in [7, 11) is 2.19. The fourth-order valence-corrected chi connectivity index (χ4v) is 2.70. The van der Waals surface area contributed by atoms with Gasteiger partial charge in [-0.25, -0.2) is 0 Å². The summed E-state index contributed by atoms with van der Waals surface area (Å²) in [4.78, 5) is 4.96. The van der Waals surface area contributed by atoms with E-state index in [2.05, 4.69) is 35.2 Å². The Labute approximate surface area is 128 Å². The molecule has 1 fully saturated rings. The average molecular weight is 286 g/mol. The minimum Gasteiger partial charge on any atom is -0.312 e. The minimum absolute atomic E-state index is 0.659. The van der Waals surface area contributed by atoms with Gasteiger partial charge in [-0.2, -0.15) is 5.26 Å². The highest BCUT2D eigenvalue weighted by Gasteiger charge is 2.15. The van der Waals surface area contributed by atoms with E-state index in [1.165, 1.54) is 38.3 Å². The normalized spacial score (nSPS) is 18.3. The average Bonchev–Trinajstić information content (AvgIpc) is 2.50. The molecule has 0 bridgehead atoms. The van der Waals surface area contributed by atoms with E-state index < -0.39 is 0 Å². The Hall–Kier alpha value is -1.41. The molecule has 1 N–H and O–H groups in total. The Kier molecular flexibility index (Phi) is 6.19. The maximum absolute atomic E-state index is 8.78. The van der Waals surface area contributed by atoms with Crippen molar-refractivity contribution in [2.75, 3.05) is 46.3 Å². The Morgan fingerprint density at radius 3 is 2.48 bits per heavy atom. The summed E-state index contributed by atoms with van der Waals surface area (Å²) in [6, 6.07) is 9.96. The van der Waals surface area contributed by atoms with Crippen molar-refractivity contribution >= 4 is 0 Å². The third kappa shape index (κ3) is 5.47. The van der Waals surface area contributed by atoms with E-state index in [4.69, 9.17) is 5.26 Å². The lowest BCUT2D eigenvalue weighted by Gasteiger charge is -2.34. The SMILES string of the molecule is CC(CNCc1ccc(C#N)cc1)CN1CCN(C)CC1. The molecule has 4 nitrogen and oxygen atoms in total. The summed E-state index contributed by atoms with van der Waals surface area (Å²) < 4.78 is 0. The largest absolute Gasteiger partial charge is 0.312 e. The molecule has 0 aromatic heterocycles.